The Morgan fingerprint density at radius 2 is 2.04 bits per heavy atom. The number of hydrogen-bond donors (Lipinski definition) is 0. The van der Waals surface area contributed by atoms with Crippen molar-refractivity contribution < 1.29 is 14.3 Å². The Morgan fingerprint density at radius 1 is 1.23 bits per heavy atom. The first kappa shape index (κ1) is 16.8. The molecule has 0 N–H and O–H groups in total. The van der Waals surface area contributed by atoms with Crippen LogP contribution in [0.4, 0.5) is 0 Å². The lowest BCUT2D eigenvalue weighted by Gasteiger charge is -2.42. The van der Waals surface area contributed by atoms with Crippen LogP contribution in [0.5, 0.6) is 0 Å². The third kappa shape index (κ3) is 2.35. The number of allylic oxidation sites excluding steroid dienone is 6. The van der Waals surface area contributed by atoms with E-state index in [4.69, 9.17) is 9.47 Å². The summed E-state index contributed by atoms with van der Waals surface area (Å²) in [6.07, 6.45) is 9.40. The van der Waals surface area contributed by atoms with E-state index >= 15 is 0 Å². The molecule has 2 heterocycles. The van der Waals surface area contributed by atoms with Crippen LogP contribution in [0.3, 0.4) is 0 Å². The fourth-order valence-electron chi connectivity index (χ4n) is 3.89. The van der Waals surface area contributed by atoms with Crippen LogP contribution >= 0.6 is 11.8 Å². The molecule has 0 aromatic carbocycles. The van der Waals surface area contributed by atoms with Crippen LogP contribution in [0.1, 0.15) is 12.8 Å². The minimum atomic E-state index is -0.537. The Balaban J connectivity index is 2.00. The fraction of sp³-hybridized carbons (Fsp3) is 0.300. The zero-order chi connectivity index (χ0) is 18.3. The van der Waals surface area contributed by atoms with Gasteiger partial charge in [0, 0.05) is 5.57 Å². The van der Waals surface area contributed by atoms with Crippen molar-refractivity contribution in [3.8, 4) is 6.07 Å². The van der Waals surface area contributed by atoms with E-state index in [0.29, 0.717) is 11.6 Å². The summed E-state index contributed by atoms with van der Waals surface area (Å²) in [5.41, 5.74) is 3.39. The van der Waals surface area contributed by atoms with E-state index in [9.17, 15) is 10.1 Å². The predicted octanol–water partition coefficient (Wildman–Crippen LogP) is 3.53. The van der Waals surface area contributed by atoms with Gasteiger partial charge in [-0.25, -0.2) is 0 Å². The number of thioether (sulfide) groups is 1. The summed E-state index contributed by atoms with van der Waals surface area (Å²) in [5, 5.41) is 13.5. The summed E-state index contributed by atoms with van der Waals surface area (Å²) in [6.45, 7) is 0. The lowest BCUT2D eigenvalue weighted by Crippen LogP contribution is -2.41. The van der Waals surface area contributed by atoms with Crippen LogP contribution in [-0.2, 0) is 14.3 Å². The minimum Gasteiger partial charge on any atom is -0.495 e. The molecule has 0 saturated heterocycles. The van der Waals surface area contributed by atoms with Crippen LogP contribution in [0.25, 0.3) is 0 Å². The van der Waals surface area contributed by atoms with E-state index in [1.54, 1.807) is 20.3 Å². The van der Waals surface area contributed by atoms with E-state index in [1.165, 1.54) is 11.8 Å². The molecule has 0 fully saturated rings. The molecular formula is C20H18N2O3S. The van der Waals surface area contributed by atoms with Gasteiger partial charge in [-0.1, -0.05) is 12.2 Å². The van der Waals surface area contributed by atoms with Crippen LogP contribution in [-0.4, -0.2) is 30.9 Å². The van der Waals surface area contributed by atoms with Gasteiger partial charge in [-0.2, -0.15) is 5.26 Å². The Labute approximate surface area is 156 Å². The largest absolute Gasteiger partial charge is 0.495 e. The smallest absolute Gasteiger partial charge is 0.235 e. The Morgan fingerprint density at radius 3 is 2.77 bits per heavy atom. The molecule has 0 saturated carbocycles. The lowest BCUT2D eigenvalue weighted by atomic mass is 9.73. The first-order valence-electron chi connectivity index (χ1n) is 8.41. The second-order valence-corrected chi connectivity index (χ2v) is 7.02. The number of ketones is 1. The molecule has 4 rings (SSSR count). The molecule has 0 aromatic rings. The molecule has 0 radical (unpaired) electrons. The van der Waals surface area contributed by atoms with Gasteiger partial charge in [-0.05, 0) is 47.0 Å². The molecule has 0 bridgehead atoms. The summed E-state index contributed by atoms with van der Waals surface area (Å²) >= 11 is 1.49. The molecule has 2 atom stereocenters. The van der Waals surface area contributed by atoms with Gasteiger partial charge in [-0.3, -0.25) is 9.69 Å². The summed E-state index contributed by atoms with van der Waals surface area (Å²) in [5.74, 6) is 0.956. The monoisotopic (exact) mass is 366 g/mol. The summed E-state index contributed by atoms with van der Waals surface area (Å²) < 4.78 is 11.5. The molecule has 26 heavy (non-hydrogen) atoms. The number of ether oxygens (including phenoxy) is 2. The molecule has 2 aliphatic heterocycles. The van der Waals surface area contributed by atoms with Gasteiger partial charge in [0.1, 0.15) is 6.04 Å². The first-order valence-corrected chi connectivity index (χ1v) is 9.35. The number of rotatable bonds is 2. The average Bonchev–Trinajstić information content (AvgIpc) is 2.89. The van der Waals surface area contributed by atoms with Gasteiger partial charge >= 0.3 is 0 Å². The number of hydrogen-bond acceptors (Lipinski definition) is 6. The maximum Gasteiger partial charge on any atom is 0.235 e. The van der Waals surface area contributed by atoms with E-state index in [1.807, 2.05) is 27.9 Å². The van der Waals surface area contributed by atoms with Crippen molar-refractivity contribution in [2.45, 2.75) is 18.9 Å². The highest BCUT2D eigenvalue weighted by molar-refractivity contribution is 8.04. The molecule has 0 spiro atoms. The van der Waals surface area contributed by atoms with Gasteiger partial charge in [0.05, 0.1) is 31.9 Å². The van der Waals surface area contributed by atoms with Gasteiger partial charge in [-0.15, -0.1) is 11.8 Å². The Hall–Kier alpha value is -2.65. The van der Waals surface area contributed by atoms with Crippen molar-refractivity contribution in [1.82, 2.24) is 4.90 Å². The third-order valence-corrected chi connectivity index (χ3v) is 5.63. The van der Waals surface area contributed by atoms with Crippen molar-refractivity contribution in [2.75, 3.05) is 14.2 Å². The van der Waals surface area contributed by atoms with E-state index in [-0.39, 0.29) is 11.7 Å². The number of methoxy groups -OCH3 is 2. The van der Waals surface area contributed by atoms with Crippen molar-refractivity contribution >= 4 is 17.5 Å². The fourth-order valence-corrected chi connectivity index (χ4v) is 4.59. The van der Waals surface area contributed by atoms with Crippen LogP contribution in [0.2, 0.25) is 0 Å². The Kier molecular flexibility index (Phi) is 4.25. The first-order chi connectivity index (χ1) is 12.7. The summed E-state index contributed by atoms with van der Waals surface area (Å²) in [6, 6.07) is 1.76. The standard InChI is InChI=1S/C20H18N2O3S/c1-24-19-18-14-6-4-3-5-13(14)17(23)9-15(18)16-11-26-8-7-12(10-21)22(16)20(19)25-2/h5-9,11-12,18H,3-4H2,1-2H3. The molecular weight excluding hydrogens is 348 g/mol. The molecule has 0 amide bonds. The summed E-state index contributed by atoms with van der Waals surface area (Å²) in [7, 11) is 3.19. The zero-order valence-corrected chi connectivity index (χ0v) is 15.4. The topological polar surface area (TPSA) is 62.6 Å². The molecule has 4 aliphatic rings. The lowest BCUT2D eigenvalue weighted by molar-refractivity contribution is -0.111. The van der Waals surface area contributed by atoms with Gasteiger partial charge in [0.2, 0.25) is 5.88 Å². The molecule has 2 unspecified atom stereocenters. The normalized spacial score (nSPS) is 27.0. The van der Waals surface area contributed by atoms with Gasteiger partial charge in [0.25, 0.3) is 0 Å². The number of carbonyl (C=O) groups excluding carboxylic acids is 1. The molecule has 0 aromatic heterocycles. The van der Waals surface area contributed by atoms with Crippen molar-refractivity contribution in [2.24, 2.45) is 5.92 Å². The predicted molar refractivity (Wildman–Crippen MR) is 99.1 cm³/mol. The van der Waals surface area contributed by atoms with E-state index in [2.05, 4.69) is 12.1 Å². The van der Waals surface area contributed by atoms with Crippen LogP contribution in [0, 0.1) is 17.2 Å². The maximum absolute atomic E-state index is 12.7. The van der Waals surface area contributed by atoms with Crippen molar-refractivity contribution in [1.29, 1.82) is 5.26 Å². The second kappa shape index (κ2) is 6.58. The third-order valence-electron chi connectivity index (χ3n) is 4.95. The number of nitrogens with zero attached hydrogens (tertiary/aromatic N) is 2. The van der Waals surface area contributed by atoms with Crippen molar-refractivity contribution in [3.05, 3.63) is 69.2 Å². The van der Waals surface area contributed by atoms with Crippen LogP contribution < -0.4 is 0 Å². The number of carbonyl (C=O) groups is 1. The molecule has 132 valence electrons. The van der Waals surface area contributed by atoms with Crippen molar-refractivity contribution in [3.63, 3.8) is 0 Å². The SMILES string of the molecule is COC1=C(OC)N2C(=CSC=CC2C#N)C2=CC(=O)C3=CCCC=C3C21. The highest BCUT2D eigenvalue weighted by atomic mass is 32.2. The van der Waals surface area contributed by atoms with Gasteiger partial charge in [0.15, 0.2) is 11.5 Å². The van der Waals surface area contributed by atoms with Crippen LogP contribution in [0.15, 0.2) is 69.2 Å². The maximum atomic E-state index is 12.7. The highest BCUT2D eigenvalue weighted by Crippen LogP contribution is 2.49. The van der Waals surface area contributed by atoms with Gasteiger partial charge < -0.3 is 9.47 Å². The average molecular weight is 366 g/mol. The molecule has 6 heteroatoms. The minimum absolute atomic E-state index is 0.00934. The summed E-state index contributed by atoms with van der Waals surface area (Å²) in [4.78, 5) is 14.5. The Bertz CT molecular complexity index is 899. The number of fused-ring (bicyclic) bond motifs is 5. The second-order valence-electron chi connectivity index (χ2n) is 6.24. The quantitative estimate of drug-likeness (QED) is 0.745. The van der Waals surface area contributed by atoms with E-state index < -0.39 is 6.04 Å². The zero-order valence-electron chi connectivity index (χ0n) is 14.6. The molecule has 5 nitrogen and oxygen atoms in total. The molecule has 2 aliphatic carbocycles. The van der Waals surface area contributed by atoms with E-state index in [0.717, 1.165) is 35.3 Å². The highest BCUT2D eigenvalue weighted by Gasteiger charge is 2.45. The number of nitriles is 1.